The van der Waals surface area contributed by atoms with Gasteiger partial charge in [-0.05, 0) is 18.8 Å². The Balaban J connectivity index is 1.80. The van der Waals surface area contributed by atoms with Crippen LogP contribution in [0.4, 0.5) is 0 Å². The molecular formula is C10H18O2. The summed E-state index contributed by atoms with van der Waals surface area (Å²) < 4.78 is 5.09. The molecule has 2 heteroatoms. The topological polar surface area (TPSA) is 29.5 Å². The minimum absolute atomic E-state index is 0.0703. The molecule has 1 saturated carbocycles. The monoisotopic (exact) mass is 170 g/mol. The molecule has 0 aromatic carbocycles. The molecule has 1 N–H and O–H groups in total. The van der Waals surface area contributed by atoms with Gasteiger partial charge in [-0.15, -0.1) is 0 Å². The third-order valence-electron chi connectivity index (χ3n) is 3.28. The van der Waals surface area contributed by atoms with Gasteiger partial charge in [-0.2, -0.15) is 0 Å². The van der Waals surface area contributed by atoms with Crippen molar-refractivity contribution >= 4 is 0 Å². The Kier molecular flexibility index (Phi) is 2.66. The van der Waals surface area contributed by atoms with Crippen LogP contribution in [0.2, 0.25) is 0 Å². The van der Waals surface area contributed by atoms with Crippen LogP contribution in [0.3, 0.4) is 0 Å². The lowest BCUT2D eigenvalue weighted by molar-refractivity contribution is -0.112. The Hall–Kier alpha value is -0.0800. The first kappa shape index (κ1) is 8.52. The molecule has 2 fully saturated rings. The second-order valence-corrected chi connectivity index (χ2v) is 4.19. The maximum atomic E-state index is 9.91. The average Bonchev–Trinajstić information content (AvgIpc) is 2.03. The molecule has 0 aromatic heterocycles. The van der Waals surface area contributed by atoms with E-state index in [1.54, 1.807) is 0 Å². The molecule has 1 saturated heterocycles. The van der Waals surface area contributed by atoms with E-state index >= 15 is 0 Å². The van der Waals surface area contributed by atoms with E-state index in [0.717, 1.165) is 13.2 Å². The predicted octanol–water partition coefficient (Wildman–Crippen LogP) is 1.57. The van der Waals surface area contributed by atoms with E-state index in [-0.39, 0.29) is 6.10 Å². The number of rotatable bonds is 2. The standard InChI is InChI=1S/C10H18O2/c11-10(9-6-12-7-9)8-4-2-1-3-5-8/h8-11H,1-7H2. The number of hydrogen-bond acceptors (Lipinski definition) is 2. The highest BCUT2D eigenvalue weighted by Gasteiger charge is 2.33. The molecule has 1 aliphatic heterocycles. The van der Waals surface area contributed by atoms with Crippen molar-refractivity contribution in [3.8, 4) is 0 Å². The van der Waals surface area contributed by atoms with Crippen LogP contribution in [-0.4, -0.2) is 24.4 Å². The molecule has 1 atom stereocenters. The van der Waals surface area contributed by atoms with Crippen LogP contribution in [0, 0.1) is 11.8 Å². The van der Waals surface area contributed by atoms with Gasteiger partial charge in [-0.1, -0.05) is 19.3 Å². The molecule has 1 heterocycles. The summed E-state index contributed by atoms with van der Waals surface area (Å²) in [6, 6.07) is 0. The van der Waals surface area contributed by atoms with Gasteiger partial charge in [0.2, 0.25) is 0 Å². The van der Waals surface area contributed by atoms with E-state index in [4.69, 9.17) is 4.74 Å². The zero-order valence-electron chi connectivity index (χ0n) is 7.54. The fourth-order valence-corrected chi connectivity index (χ4v) is 2.31. The van der Waals surface area contributed by atoms with Gasteiger partial charge in [0.05, 0.1) is 19.3 Å². The highest BCUT2D eigenvalue weighted by atomic mass is 16.5. The van der Waals surface area contributed by atoms with Crippen LogP contribution >= 0.6 is 0 Å². The molecule has 0 amide bonds. The van der Waals surface area contributed by atoms with E-state index in [2.05, 4.69) is 0 Å². The van der Waals surface area contributed by atoms with Gasteiger partial charge in [0.25, 0.3) is 0 Å². The van der Waals surface area contributed by atoms with Gasteiger partial charge in [0.15, 0.2) is 0 Å². The lowest BCUT2D eigenvalue weighted by Crippen LogP contribution is -2.42. The summed E-state index contributed by atoms with van der Waals surface area (Å²) in [6.07, 6.45) is 6.39. The van der Waals surface area contributed by atoms with E-state index < -0.39 is 0 Å². The van der Waals surface area contributed by atoms with E-state index in [1.807, 2.05) is 0 Å². The van der Waals surface area contributed by atoms with Crippen LogP contribution in [0.25, 0.3) is 0 Å². The SMILES string of the molecule is OC(C1CCCCC1)C1COC1. The predicted molar refractivity (Wildman–Crippen MR) is 46.9 cm³/mol. The highest BCUT2D eigenvalue weighted by Crippen LogP contribution is 2.31. The van der Waals surface area contributed by atoms with Gasteiger partial charge < -0.3 is 9.84 Å². The second kappa shape index (κ2) is 3.75. The van der Waals surface area contributed by atoms with Crippen LogP contribution in [0.15, 0.2) is 0 Å². The summed E-state index contributed by atoms with van der Waals surface area (Å²) in [5.74, 6) is 1.03. The summed E-state index contributed by atoms with van der Waals surface area (Å²) >= 11 is 0. The molecule has 0 spiro atoms. The number of aliphatic hydroxyl groups is 1. The number of aliphatic hydroxyl groups excluding tert-OH is 1. The van der Waals surface area contributed by atoms with Crippen molar-refractivity contribution < 1.29 is 9.84 Å². The molecule has 0 aromatic rings. The Morgan fingerprint density at radius 1 is 1.00 bits per heavy atom. The highest BCUT2D eigenvalue weighted by molar-refractivity contribution is 4.82. The maximum absolute atomic E-state index is 9.91. The zero-order valence-corrected chi connectivity index (χ0v) is 7.54. The summed E-state index contributed by atoms with van der Waals surface area (Å²) in [7, 11) is 0. The average molecular weight is 170 g/mol. The van der Waals surface area contributed by atoms with E-state index in [1.165, 1.54) is 32.1 Å². The lowest BCUT2D eigenvalue weighted by Gasteiger charge is -2.36. The van der Waals surface area contributed by atoms with Gasteiger partial charge in [0.1, 0.15) is 0 Å². The lowest BCUT2D eigenvalue weighted by atomic mass is 9.80. The minimum atomic E-state index is -0.0703. The molecule has 2 rings (SSSR count). The largest absolute Gasteiger partial charge is 0.392 e. The summed E-state index contributed by atoms with van der Waals surface area (Å²) in [5, 5.41) is 9.91. The Labute approximate surface area is 73.9 Å². The Morgan fingerprint density at radius 2 is 1.67 bits per heavy atom. The summed E-state index contributed by atoms with van der Waals surface area (Å²) in [6.45, 7) is 1.58. The van der Waals surface area contributed by atoms with Crippen molar-refractivity contribution in [2.24, 2.45) is 11.8 Å². The first-order chi connectivity index (χ1) is 5.88. The van der Waals surface area contributed by atoms with Crippen LogP contribution in [0.1, 0.15) is 32.1 Å². The van der Waals surface area contributed by atoms with Gasteiger partial charge >= 0.3 is 0 Å². The van der Waals surface area contributed by atoms with Gasteiger partial charge in [-0.3, -0.25) is 0 Å². The maximum Gasteiger partial charge on any atom is 0.0640 e. The molecule has 0 radical (unpaired) electrons. The molecule has 2 nitrogen and oxygen atoms in total. The van der Waals surface area contributed by atoms with Crippen LogP contribution in [-0.2, 0) is 4.74 Å². The van der Waals surface area contributed by atoms with Crippen molar-refractivity contribution in [1.82, 2.24) is 0 Å². The Bertz CT molecular complexity index is 137. The molecule has 1 aliphatic carbocycles. The molecule has 70 valence electrons. The molecule has 12 heavy (non-hydrogen) atoms. The third-order valence-corrected chi connectivity index (χ3v) is 3.28. The van der Waals surface area contributed by atoms with Crippen LogP contribution < -0.4 is 0 Å². The van der Waals surface area contributed by atoms with Crippen LogP contribution in [0.5, 0.6) is 0 Å². The van der Waals surface area contributed by atoms with Gasteiger partial charge in [-0.25, -0.2) is 0 Å². The molecular weight excluding hydrogens is 152 g/mol. The second-order valence-electron chi connectivity index (χ2n) is 4.19. The number of ether oxygens (including phenoxy) is 1. The fraction of sp³-hybridized carbons (Fsp3) is 1.00. The van der Waals surface area contributed by atoms with Crippen molar-refractivity contribution in [2.45, 2.75) is 38.2 Å². The first-order valence-electron chi connectivity index (χ1n) is 5.14. The zero-order chi connectivity index (χ0) is 8.39. The number of hydrogen-bond donors (Lipinski definition) is 1. The van der Waals surface area contributed by atoms with Gasteiger partial charge in [0, 0.05) is 5.92 Å². The van der Waals surface area contributed by atoms with Crippen molar-refractivity contribution in [2.75, 3.05) is 13.2 Å². The van der Waals surface area contributed by atoms with Crippen molar-refractivity contribution in [3.63, 3.8) is 0 Å². The van der Waals surface area contributed by atoms with Crippen molar-refractivity contribution in [1.29, 1.82) is 0 Å². The van der Waals surface area contributed by atoms with E-state index in [0.29, 0.717) is 11.8 Å². The summed E-state index contributed by atoms with van der Waals surface area (Å²) in [4.78, 5) is 0. The molecule has 1 unspecified atom stereocenters. The smallest absolute Gasteiger partial charge is 0.0640 e. The van der Waals surface area contributed by atoms with E-state index in [9.17, 15) is 5.11 Å². The summed E-state index contributed by atoms with van der Waals surface area (Å²) in [5.41, 5.74) is 0. The minimum Gasteiger partial charge on any atom is -0.392 e. The fourth-order valence-electron chi connectivity index (χ4n) is 2.31. The molecule has 0 bridgehead atoms. The third kappa shape index (κ3) is 1.64. The van der Waals surface area contributed by atoms with Crippen molar-refractivity contribution in [3.05, 3.63) is 0 Å². The molecule has 2 aliphatic rings. The quantitative estimate of drug-likeness (QED) is 0.681. The normalized spacial score (nSPS) is 29.8. The first-order valence-corrected chi connectivity index (χ1v) is 5.14. The Morgan fingerprint density at radius 3 is 2.17 bits per heavy atom.